The number of ether oxygens (including phenoxy) is 3. The number of benzene rings is 3. The Kier molecular flexibility index (Phi) is 7.38. The molecule has 180 valence electrons. The summed E-state index contributed by atoms with van der Waals surface area (Å²) in [6.07, 6.45) is 1.69. The molecule has 0 aliphatic rings. The zero-order valence-corrected chi connectivity index (χ0v) is 20.2. The van der Waals surface area contributed by atoms with Crippen LogP contribution in [0, 0.1) is 18.3 Å². The van der Waals surface area contributed by atoms with Gasteiger partial charge in [-0.15, -0.1) is 0 Å². The van der Waals surface area contributed by atoms with Gasteiger partial charge in [0.2, 0.25) is 0 Å². The Labute approximate surface area is 211 Å². The van der Waals surface area contributed by atoms with Crippen LogP contribution in [0.1, 0.15) is 16.7 Å². The van der Waals surface area contributed by atoms with Gasteiger partial charge in [0.15, 0.2) is 18.1 Å². The van der Waals surface area contributed by atoms with Crippen molar-refractivity contribution in [3.63, 3.8) is 0 Å². The van der Waals surface area contributed by atoms with E-state index in [1.807, 2.05) is 6.92 Å². The molecule has 0 N–H and O–H groups in total. The van der Waals surface area contributed by atoms with Gasteiger partial charge in [0.25, 0.3) is 0 Å². The lowest BCUT2D eigenvalue weighted by atomic mass is 10.0. The smallest absolute Gasteiger partial charge is 0.349 e. The fourth-order valence-electron chi connectivity index (χ4n) is 3.52. The second kappa shape index (κ2) is 10.8. The molecule has 1 aromatic heterocycles. The van der Waals surface area contributed by atoms with E-state index in [2.05, 4.69) is 6.07 Å². The van der Waals surface area contributed by atoms with Crippen LogP contribution in [0.5, 0.6) is 17.2 Å². The molecule has 1 heterocycles. The van der Waals surface area contributed by atoms with Gasteiger partial charge in [-0.1, -0.05) is 29.8 Å². The number of carbonyl (C=O) groups is 1. The summed E-state index contributed by atoms with van der Waals surface area (Å²) in [4.78, 5) is 24.0. The summed E-state index contributed by atoms with van der Waals surface area (Å²) in [5, 5.41) is 10.9. The minimum absolute atomic E-state index is 0.202. The van der Waals surface area contributed by atoms with E-state index < -0.39 is 11.6 Å². The van der Waals surface area contributed by atoms with Crippen molar-refractivity contribution in [2.75, 3.05) is 13.7 Å². The van der Waals surface area contributed by atoms with Crippen LogP contribution in [0.15, 0.2) is 75.9 Å². The third kappa shape index (κ3) is 5.74. The van der Waals surface area contributed by atoms with Crippen molar-refractivity contribution in [3.05, 3.63) is 98.9 Å². The molecule has 0 aliphatic heterocycles. The molecule has 0 saturated carbocycles. The van der Waals surface area contributed by atoms with Gasteiger partial charge in [-0.25, -0.2) is 9.59 Å². The van der Waals surface area contributed by atoms with E-state index >= 15 is 0 Å². The highest BCUT2D eigenvalue weighted by Crippen LogP contribution is 2.30. The maximum absolute atomic E-state index is 12.4. The maximum atomic E-state index is 12.4. The Morgan fingerprint density at radius 2 is 1.83 bits per heavy atom. The molecular formula is C28H20ClNO6. The van der Waals surface area contributed by atoms with Crippen molar-refractivity contribution >= 4 is 40.2 Å². The zero-order valence-electron chi connectivity index (χ0n) is 19.4. The summed E-state index contributed by atoms with van der Waals surface area (Å²) in [7, 11) is 1.45. The second-order valence-corrected chi connectivity index (χ2v) is 8.19. The van der Waals surface area contributed by atoms with Crippen LogP contribution in [0.3, 0.4) is 0 Å². The monoisotopic (exact) mass is 501 g/mol. The van der Waals surface area contributed by atoms with Gasteiger partial charge < -0.3 is 18.6 Å². The summed E-state index contributed by atoms with van der Waals surface area (Å²) < 4.78 is 21.5. The molecule has 4 aromatic rings. The van der Waals surface area contributed by atoms with E-state index in [0.717, 1.165) is 16.5 Å². The van der Waals surface area contributed by atoms with Crippen LogP contribution in [0.2, 0.25) is 5.02 Å². The van der Waals surface area contributed by atoms with Gasteiger partial charge in [0.05, 0.1) is 18.8 Å². The van der Waals surface area contributed by atoms with Crippen molar-refractivity contribution in [3.8, 4) is 23.3 Å². The highest BCUT2D eigenvalue weighted by Gasteiger charge is 2.13. The first-order valence-corrected chi connectivity index (χ1v) is 11.2. The van der Waals surface area contributed by atoms with Crippen molar-refractivity contribution < 1.29 is 23.4 Å². The number of carbonyl (C=O) groups excluding carboxylic acids is 1. The number of fused-ring (bicyclic) bond motifs is 1. The fraction of sp³-hybridized carbons (Fsp3) is 0.107. The topological polar surface area (TPSA) is 98.8 Å². The van der Waals surface area contributed by atoms with Crippen molar-refractivity contribution in [1.29, 1.82) is 5.26 Å². The molecule has 0 radical (unpaired) electrons. The van der Waals surface area contributed by atoms with Gasteiger partial charge in [0, 0.05) is 22.5 Å². The highest BCUT2D eigenvalue weighted by atomic mass is 35.5. The standard InChI is InChI=1S/C28H20ClNO6/c1-17-11-27(31)36-25-14-22(8-9-23(17)25)34-16-28(32)35-24-10-3-18(13-26(24)33-2)12-20(15-30)19-4-6-21(29)7-5-19/h3-14H,16H2,1-2H3/b20-12+. The van der Waals surface area contributed by atoms with E-state index in [1.54, 1.807) is 66.7 Å². The van der Waals surface area contributed by atoms with E-state index in [9.17, 15) is 14.9 Å². The van der Waals surface area contributed by atoms with E-state index in [4.69, 9.17) is 30.2 Å². The summed E-state index contributed by atoms with van der Waals surface area (Å²) >= 11 is 5.93. The van der Waals surface area contributed by atoms with E-state index in [0.29, 0.717) is 33.2 Å². The SMILES string of the molecule is COc1cc(/C=C(\C#N)c2ccc(Cl)cc2)ccc1OC(=O)COc1ccc2c(C)cc(=O)oc2c1. The molecule has 36 heavy (non-hydrogen) atoms. The van der Waals surface area contributed by atoms with Gasteiger partial charge in [-0.05, 0) is 66.1 Å². The molecule has 0 atom stereocenters. The van der Waals surface area contributed by atoms with Gasteiger partial charge in [-0.3, -0.25) is 0 Å². The first kappa shape index (κ1) is 24.6. The van der Waals surface area contributed by atoms with E-state index in [1.165, 1.54) is 13.2 Å². The van der Waals surface area contributed by atoms with Crippen molar-refractivity contribution in [2.45, 2.75) is 6.92 Å². The molecule has 4 rings (SSSR count). The lowest BCUT2D eigenvalue weighted by Crippen LogP contribution is -2.18. The third-order valence-electron chi connectivity index (χ3n) is 5.28. The fourth-order valence-corrected chi connectivity index (χ4v) is 3.65. The molecule has 0 saturated heterocycles. The number of nitrogens with zero attached hydrogens (tertiary/aromatic N) is 1. The first-order valence-electron chi connectivity index (χ1n) is 10.8. The summed E-state index contributed by atoms with van der Waals surface area (Å²) in [6.45, 7) is 1.44. The number of hydrogen-bond donors (Lipinski definition) is 0. The summed E-state index contributed by atoms with van der Waals surface area (Å²) in [6, 6.07) is 20.4. The molecule has 0 fully saturated rings. The molecular weight excluding hydrogens is 482 g/mol. The molecule has 7 nitrogen and oxygen atoms in total. The van der Waals surface area contributed by atoms with Crippen LogP contribution in [0.25, 0.3) is 22.6 Å². The number of esters is 1. The quantitative estimate of drug-likeness (QED) is 0.103. The number of allylic oxidation sites excluding steroid dienone is 1. The number of aryl methyl sites for hydroxylation is 1. The van der Waals surface area contributed by atoms with Crippen LogP contribution in [0.4, 0.5) is 0 Å². The maximum Gasteiger partial charge on any atom is 0.349 e. The Hall–Kier alpha value is -4.54. The normalized spacial score (nSPS) is 11.1. The van der Waals surface area contributed by atoms with Gasteiger partial charge in [-0.2, -0.15) is 5.26 Å². The Morgan fingerprint density at radius 3 is 2.56 bits per heavy atom. The first-order chi connectivity index (χ1) is 17.4. The molecule has 0 unspecified atom stereocenters. The van der Waals surface area contributed by atoms with Crippen LogP contribution >= 0.6 is 11.6 Å². The minimum atomic E-state index is -0.652. The molecule has 0 aliphatic carbocycles. The predicted octanol–water partition coefficient (Wildman–Crippen LogP) is 5.81. The highest BCUT2D eigenvalue weighted by molar-refractivity contribution is 6.30. The number of halogens is 1. The second-order valence-electron chi connectivity index (χ2n) is 7.76. The summed E-state index contributed by atoms with van der Waals surface area (Å²) in [5.41, 5.74) is 2.53. The Bertz CT molecular complexity index is 1560. The molecule has 0 amide bonds. The van der Waals surface area contributed by atoms with Crippen molar-refractivity contribution in [2.24, 2.45) is 0 Å². The molecule has 0 bridgehead atoms. The van der Waals surface area contributed by atoms with Gasteiger partial charge >= 0.3 is 11.6 Å². The lowest BCUT2D eigenvalue weighted by Gasteiger charge is -2.11. The number of hydrogen-bond acceptors (Lipinski definition) is 7. The van der Waals surface area contributed by atoms with E-state index in [-0.39, 0.29) is 12.4 Å². The molecule has 8 heteroatoms. The minimum Gasteiger partial charge on any atom is -0.493 e. The average Bonchev–Trinajstić information content (AvgIpc) is 2.87. The van der Waals surface area contributed by atoms with Crippen molar-refractivity contribution in [1.82, 2.24) is 0 Å². The van der Waals surface area contributed by atoms with Crippen LogP contribution in [-0.4, -0.2) is 19.7 Å². The lowest BCUT2D eigenvalue weighted by molar-refractivity contribution is -0.136. The largest absolute Gasteiger partial charge is 0.493 e. The number of methoxy groups -OCH3 is 1. The third-order valence-corrected chi connectivity index (χ3v) is 5.53. The Morgan fingerprint density at radius 1 is 1.06 bits per heavy atom. The van der Waals surface area contributed by atoms with Crippen LogP contribution < -0.4 is 19.8 Å². The predicted molar refractivity (Wildman–Crippen MR) is 136 cm³/mol. The van der Waals surface area contributed by atoms with Gasteiger partial charge in [0.1, 0.15) is 11.3 Å². The summed E-state index contributed by atoms with van der Waals surface area (Å²) in [5.74, 6) is 0.218. The Balaban J connectivity index is 1.46. The average molecular weight is 502 g/mol. The zero-order chi connectivity index (χ0) is 25.7. The number of nitriles is 1. The number of rotatable bonds is 7. The van der Waals surface area contributed by atoms with Crippen LogP contribution in [-0.2, 0) is 4.79 Å². The molecule has 3 aromatic carbocycles. The molecule has 0 spiro atoms.